The topological polar surface area (TPSA) is 32.3 Å². The summed E-state index contributed by atoms with van der Waals surface area (Å²) in [5, 5.41) is 2.78. The number of nitrogens with one attached hydrogen (secondary N) is 1. The van der Waals surface area contributed by atoms with Crippen molar-refractivity contribution >= 4 is 23.2 Å². The van der Waals surface area contributed by atoms with Gasteiger partial charge in [0.2, 0.25) is 5.91 Å². The molecule has 1 aromatic rings. The zero-order chi connectivity index (χ0) is 11.4. The standard InChI is InChI=1S/C12H15ClN2O/c13-9-12(16)14-6-8-15-7-5-10-3-1-2-4-11(10)15/h1-4H,5-9H2,(H,14,16). The number of rotatable bonds is 4. The van der Waals surface area contributed by atoms with E-state index in [1.54, 1.807) is 0 Å². The predicted molar refractivity (Wildman–Crippen MR) is 66.1 cm³/mol. The first-order valence-electron chi connectivity index (χ1n) is 5.47. The summed E-state index contributed by atoms with van der Waals surface area (Å²) in [5.74, 6) is -0.0644. The quantitative estimate of drug-likeness (QED) is 0.805. The fraction of sp³-hybridized carbons (Fsp3) is 0.417. The van der Waals surface area contributed by atoms with Crippen molar-refractivity contribution in [1.82, 2.24) is 5.32 Å². The smallest absolute Gasteiger partial charge is 0.234 e. The van der Waals surface area contributed by atoms with Crippen molar-refractivity contribution in [3.05, 3.63) is 29.8 Å². The monoisotopic (exact) mass is 238 g/mol. The minimum Gasteiger partial charge on any atom is -0.369 e. The Labute approximate surface area is 100 Å². The Morgan fingerprint density at radius 1 is 1.44 bits per heavy atom. The van der Waals surface area contributed by atoms with E-state index in [1.807, 2.05) is 0 Å². The summed E-state index contributed by atoms with van der Waals surface area (Å²) in [5.41, 5.74) is 2.69. The number of carbonyl (C=O) groups excluding carboxylic acids is 1. The molecule has 0 atom stereocenters. The molecule has 1 aliphatic heterocycles. The van der Waals surface area contributed by atoms with Crippen LogP contribution < -0.4 is 10.2 Å². The van der Waals surface area contributed by atoms with Crippen LogP contribution in [0.15, 0.2) is 24.3 Å². The predicted octanol–water partition coefficient (Wildman–Crippen LogP) is 1.40. The molecule has 0 saturated carbocycles. The third kappa shape index (κ3) is 2.47. The average Bonchev–Trinajstić information content (AvgIpc) is 2.73. The van der Waals surface area contributed by atoms with Crippen molar-refractivity contribution in [1.29, 1.82) is 0 Å². The molecule has 0 saturated heterocycles. The summed E-state index contributed by atoms with van der Waals surface area (Å²) >= 11 is 5.40. The number of halogens is 1. The molecule has 1 N–H and O–H groups in total. The van der Waals surface area contributed by atoms with Gasteiger partial charge in [0, 0.05) is 25.3 Å². The number of nitrogens with zero attached hydrogens (tertiary/aromatic N) is 1. The van der Waals surface area contributed by atoms with Gasteiger partial charge in [-0.05, 0) is 18.1 Å². The van der Waals surface area contributed by atoms with Crippen molar-refractivity contribution in [2.24, 2.45) is 0 Å². The van der Waals surface area contributed by atoms with Gasteiger partial charge in [0.05, 0.1) is 0 Å². The van der Waals surface area contributed by atoms with Crippen LogP contribution in [0.3, 0.4) is 0 Å². The van der Waals surface area contributed by atoms with E-state index in [-0.39, 0.29) is 11.8 Å². The van der Waals surface area contributed by atoms with E-state index in [1.165, 1.54) is 11.3 Å². The lowest BCUT2D eigenvalue weighted by molar-refractivity contribution is -0.118. The maximum atomic E-state index is 11.0. The lowest BCUT2D eigenvalue weighted by Gasteiger charge is -2.19. The largest absolute Gasteiger partial charge is 0.369 e. The van der Waals surface area contributed by atoms with Crippen molar-refractivity contribution < 1.29 is 4.79 Å². The highest BCUT2D eigenvalue weighted by atomic mass is 35.5. The molecule has 0 fully saturated rings. The van der Waals surface area contributed by atoms with Crippen LogP contribution in [0.1, 0.15) is 5.56 Å². The van der Waals surface area contributed by atoms with E-state index < -0.39 is 0 Å². The van der Waals surface area contributed by atoms with Gasteiger partial charge in [-0.2, -0.15) is 0 Å². The maximum absolute atomic E-state index is 11.0. The number of anilines is 1. The van der Waals surface area contributed by atoms with E-state index in [2.05, 4.69) is 34.5 Å². The van der Waals surface area contributed by atoms with Gasteiger partial charge < -0.3 is 10.2 Å². The van der Waals surface area contributed by atoms with Gasteiger partial charge in [-0.15, -0.1) is 11.6 Å². The fourth-order valence-corrected chi connectivity index (χ4v) is 2.11. The van der Waals surface area contributed by atoms with Crippen LogP contribution in [0.5, 0.6) is 0 Å². The summed E-state index contributed by atoms with van der Waals surface area (Å²) in [6, 6.07) is 8.41. The molecule has 2 rings (SSSR count). The molecule has 0 bridgehead atoms. The zero-order valence-corrected chi connectivity index (χ0v) is 9.83. The number of amides is 1. The van der Waals surface area contributed by atoms with Gasteiger partial charge in [-0.3, -0.25) is 4.79 Å². The van der Waals surface area contributed by atoms with Crippen molar-refractivity contribution in [2.75, 3.05) is 30.4 Å². The average molecular weight is 239 g/mol. The van der Waals surface area contributed by atoms with Gasteiger partial charge >= 0.3 is 0 Å². The van der Waals surface area contributed by atoms with Gasteiger partial charge in [-0.1, -0.05) is 18.2 Å². The number of hydrogen-bond acceptors (Lipinski definition) is 2. The third-order valence-electron chi connectivity index (χ3n) is 2.81. The Kier molecular flexibility index (Phi) is 3.67. The molecule has 0 spiro atoms. The molecule has 1 aromatic carbocycles. The Morgan fingerprint density at radius 2 is 2.25 bits per heavy atom. The van der Waals surface area contributed by atoms with E-state index in [0.29, 0.717) is 6.54 Å². The molecule has 0 aliphatic carbocycles. The van der Waals surface area contributed by atoms with Crippen LogP contribution in [0.25, 0.3) is 0 Å². The number of alkyl halides is 1. The summed E-state index contributed by atoms with van der Waals surface area (Å²) in [4.78, 5) is 13.3. The molecule has 0 radical (unpaired) electrons. The second-order valence-corrected chi connectivity index (χ2v) is 4.12. The second kappa shape index (κ2) is 5.21. The van der Waals surface area contributed by atoms with Crippen molar-refractivity contribution in [2.45, 2.75) is 6.42 Å². The number of carbonyl (C=O) groups is 1. The minimum atomic E-state index is -0.103. The molecular formula is C12H15ClN2O. The molecule has 1 heterocycles. The molecule has 4 heteroatoms. The highest BCUT2D eigenvalue weighted by Gasteiger charge is 2.17. The number of para-hydroxylation sites is 1. The Bertz CT molecular complexity index is 381. The Hall–Kier alpha value is -1.22. The van der Waals surface area contributed by atoms with Crippen molar-refractivity contribution in [3.63, 3.8) is 0 Å². The molecule has 1 amide bonds. The molecule has 86 valence electrons. The molecule has 0 unspecified atom stereocenters. The second-order valence-electron chi connectivity index (χ2n) is 3.85. The van der Waals surface area contributed by atoms with Crippen LogP contribution in [-0.2, 0) is 11.2 Å². The van der Waals surface area contributed by atoms with E-state index in [9.17, 15) is 4.79 Å². The maximum Gasteiger partial charge on any atom is 0.234 e. The molecule has 1 aliphatic rings. The Balaban J connectivity index is 1.86. The lowest BCUT2D eigenvalue weighted by Crippen LogP contribution is -2.34. The highest BCUT2D eigenvalue weighted by molar-refractivity contribution is 6.27. The van der Waals surface area contributed by atoms with E-state index in [4.69, 9.17) is 11.6 Å². The molecule has 3 nitrogen and oxygen atoms in total. The SMILES string of the molecule is O=C(CCl)NCCN1CCc2ccccc21. The van der Waals surface area contributed by atoms with E-state index >= 15 is 0 Å². The minimum absolute atomic E-state index is 0.0383. The normalized spacial score (nSPS) is 13.7. The number of hydrogen-bond donors (Lipinski definition) is 1. The first-order valence-corrected chi connectivity index (χ1v) is 6.00. The zero-order valence-electron chi connectivity index (χ0n) is 9.08. The third-order valence-corrected chi connectivity index (χ3v) is 3.05. The first-order chi connectivity index (χ1) is 7.81. The van der Waals surface area contributed by atoms with Crippen molar-refractivity contribution in [3.8, 4) is 0 Å². The van der Waals surface area contributed by atoms with Crippen LogP contribution in [0.4, 0.5) is 5.69 Å². The van der Waals surface area contributed by atoms with Gasteiger partial charge in [-0.25, -0.2) is 0 Å². The van der Waals surface area contributed by atoms with Crippen LogP contribution >= 0.6 is 11.6 Å². The van der Waals surface area contributed by atoms with Crippen LogP contribution in [0.2, 0.25) is 0 Å². The molecule has 0 aromatic heterocycles. The van der Waals surface area contributed by atoms with Gasteiger partial charge in [0.1, 0.15) is 5.88 Å². The first kappa shape index (κ1) is 11.3. The van der Waals surface area contributed by atoms with Gasteiger partial charge in [0.15, 0.2) is 0 Å². The van der Waals surface area contributed by atoms with Crippen LogP contribution in [0, 0.1) is 0 Å². The van der Waals surface area contributed by atoms with Gasteiger partial charge in [0.25, 0.3) is 0 Å². The van der Waals surface area contributed by atoms with E-state index in [0.717, 1.165) is 19.5 Å². The Morgan fingerprint density at radius 3 is 3.06 bits per heavy atom. The summed E-state index contributed by atoms with van der Waals surface area (Å²) in [6.45, 7) is 2.54. The summed E-state index contributed by atoms with van der Waals surface area (Å²) in [7, 11) is 0. The molecule has 16 heavy (non-hydrogen) atoms. The fourth-order valence-electron chi connectivity index (χ4n) is 2.02. The molecular weight excluding hydrogens is 224 g/mol. The van der Waals surface area contributed by atoms with Crippen LogP contribution in [-0.4, -0.2) is 31.4 Å². The lowest BCUT2D eigenvalue weighted by atomic mass is 10.2. The summed E-state index contributed by atoms with van der Waals surface area (Å²) in [6.07, 6.45) is 1.10. The number of benzene rings is 1. The highest BCUT2D eigenvalue weighted by Crippen LogP contribution is 2.26. The number of fused-ring (bicyclic) bond motifs is 1. The summed E-state index contributed by atoms with van der Waals surface area (Å²) < 4.78 is 0.